The summed E-state index contributed by atoms with van der Waals surface area (Å²) in [5.41, 5.74) is 0.563. The van der Waals surface area contributed by atoms with Gasteiger partial charge in [-0.25, -0.2) is 0 Å². The van der Waals surface area contributed by atoms with Crippen molar-refractivity contribution >= 4 is 11.8 Å². The van der Waals surface area contributed by atoms with Gasteiger partial charge in [-0.2, -0.15) is 8.78 Å². The van der Waals surface area contributed by atoms with Gasteiger partial charge in [-0.1, -0.05) is 66.4 Å². The van der Waals surface area contributed by atoms with Crippen molar-refractivity contribution in [3.05, 3.63) is 78.9 Å². The molecule has 0 bridgehead atoms. The van der Waals surface area contributed by atoms with Gasteiger partial charge in [0, 0.05) is 11.4 Å². The number of thioether (sulfide) groups is 1. The first-order valence-electron chi connectivity index (χ1n) is 6.64. The average Bonchev–Trinajstić information content (AvgIpc) is 2.49. The van der Waals surface area contributed by atoms with Crippen molar-refractivity contribution in [2.45, 2.75) is 16.2 Å². The molecule has 1 nitrogen and oxygen atoms in total. The third-order valence-electron chi connectivity index (χ3n) is 2.93. The van der Waals surface area contributed by atoms with Crippen LogP contribution in [0.2, 0.25) is 0 Å². The lowest BCUT2D eigenvalue weighted by Crippen LogP contribution is -2.35. The highest BCUT2D eigenvalue weighted by Crippen LogP contribution is 2.44. The van der Waals surface area contributed by atoms with Crippen LogP contribution in [0, 0.1) is 0 Å². The van der Waals surface area contributed by atoms with Crippen LogP contribution in [-0.4, -0.2) is 11.8 Å². The van der Waals surface area contributed by atoms with Crippen LogP contribution in [-0.2, 0) is 0 Å². The maximum absolute atomic E-state index is 14.6. The predicted octanol–water partition coefficient (Wildman–Crippen LogP) is 4.89. The molecule has 1 atom stereocenters. The van der Waals surface area contributed by atoms with Gasteiger partial charge in [0.1, 0.15) is 6.04 Å². The molecular formula is C17H17F2NS. The molecule has 2 aromatic rings. The normalized spacial score (nSPS) is 12.9. The van der Waals surface area contributed by atoms with Crippen LogP contribution in [0.3, 0.4) is 0 Å². The molecule has 0 fully saturated rings. The molecule has 0 heterocycles. The SMILES string of the molecule is C=CCN[C@@H](c1ccccc1)C(F)(F)Sc1ccccc1. The molecule has 0 aliphatic heterocycles. The van der Waals surface area contributed by atoms with Crippen LogP contribution in [0.4, 0.5) is 8.78 Å². The molecule has 0 radical (unpaired) electrons. The summed E-state index contributed by atoms with van der Waals surface area (Å²) in [6.07, 6.45) is 1.58. The summed E-state index contributed by atoms with van der Waals surface area (Å²) in [4.78, 5) is 0.545. The van der Waals surface area contributed by atoms with E-state index >= 15 is 0 Å². The van der Waals surface area contributed by atoms with E-state index in [1.807, 2.05) is 12.1 Å². The summed E-state index contributed by atoms with van der Waals surface area (Å²) in [5, 5.41) is -0.109. The van der Waals surface area contributed by atoms with Gasteiger partial charge in [0.25, 0.3) is 0 Å². The van der Waals surface area contributed by atoms with E-state index in [9.17, 15) is 8.78 Å². The van der Waals surface area contributed by atoms with Crippen molar-refractivity contribution in [3.63, 3.8) is 0 Å². The largest absolute Gasteiger partial charge is 0.317 e. The van der Waals surface area contributed by atoms with E-state index in [1.165, 1.54) is 0 Å². The van der Waals surface area contributed by atoms with E-state index in [0.29, 0.717) is 28.8 Å². The zero-order valence-corrected chi connectivity index (χ0v) is 12.3. The van der Waals surface area contributed by atoms with E-state index in [4.69, 9.17) is 0 Å². The number of benzene rings is 2. The first-order chi connectivity index (χ1) is 10.1. The Balaban J connectivity index is 2.24. The number of hydrogen-bond donors (Lipinski definition) is 1. The molecule has 0 aromatic heterocycles. The average molecular weight is 305 g/mol. The Labute approximate surface area is 128 Å². The highest BCUT2D eigenvalue weighted by atomic mass is 32.2. The van der Waals surface area contributed by atoms with Crippen molar-refractivity contribution in [3.8, 4) is 0 Å². The topological polar surface area (TPSA) is 12.0 Å². The minimum Gasteiger partial charge on any atom is -0.301 e. The smallest absolute Gasteiger partial charge is 0.301 e. The second kappa shape index (κ2) is 7.38. The van der Waals surface area contributed by atoms with Crippen LogP contribution in [0.5, 0.6) is 0 Å². The molecule has 2 rings (SSSR count). The van der Waals surface area contributed by atoms with Crippen molar-refractivity contribution in [2.24, 2.45) is 0 Å². The molecule has 0 saturated heterocycles. The van der Waals surface area contributed by atoms with Gasteiger partial charge in [-0.15, -0.1) is 6.58 Å². The zero-order valence-electron chi connectivity index (χ0n) is 11.5. The van der Waals surface area contributed by atoms with Crippen molar-refractivity contribution in [1.29, 1.82) is 0 Å². The van der Waals surface area contributed by atoms with Gasteiger partial charge in [-0.05, 0) is 17.7 Å². The highest BCUT2D eigenvalue weighted by molar-refractivity contribution is 8.00. The van der Waals surface area contributed by atoms with Gasteiger partial charge in [0.2, 0.25) is 0 Å². The van der Waals surface area contributed by atoms with Crippen molar-refractivity contribution in [1.82, 2.24) is 5.32 Å². The molecule has 4 heteroatoms. The van der Waals surface area contributed by atoms with Crippen molar-refractivity contribution in [2.75, 3.05) is 6.54 Å². The van der Waals surface area contributed by atoms with Gasteiger partial charge in [0.05, 0.1) is 0 Å². The lowest BCUT2D eigenvalue weighted by Gasteiger charge is -2.27. The third-order valence-corrected chi connectivity index (χ3v) is 3.95. The molecule has 21 heavy (non-hydrogen) atoms. The predicted molar refractivity (Wildman–Crippen MR) is 84.6 cm³/mol. The highest BCUT2D eigenvalue weighted by Gasteiger charge is 2.41. The van der Waals surface area contributed by atoms with Crippen LogP contribution in [0.15, 0.2) is 78.2 Å². The molecule has 1 N–H and O–H groups in total. The zero-order chi connectivity index (χ0) is 15.1. The van der Waals surface area contributed by atoms with Gasteiger partial charge in [-0.3, -0.25) is 0 Å². The van der Waals surface area contributed by atoms with Gasteiger partial charge in [0.15, 0.2) is 0 Å². The fourth-order valence-electron chi connectivity index (χ4n) is 1.98. The Kier molecular flexibility index (Phi) is 5.53. The Morgan fingerprint density at radius 1 is 1.05 bits per heavy atom. The molecule has 0 unspecified atom stereocenters. The maximum Gasteiger partial charge on any atom is 0.317 e. The minimum absolute atomic E-state index is 0.324. The van der Waals surface area contributed by atoms with Crippen LogP contribution in [0.1, 0.15) is 11.6 Å². The van der Waals surface area contributed by atoms with Crippen LogP contribution < -0.4 is 5.32 Å². The Morgan fingerprint density at radius 3 is 2.19 bits per heavy atom. The van der Waals surface area contributed by atoms with E-state index < -0.39 is 11.3 Å². The summed E-state index contributed by atoms with van der Waals surface area (Å²) in [6.45, 7) is 3.90. The van der Waals surface area contributed by atoms with Crippen molar-refractivity contribution < 1.29 is 8.78 Å². The molecule has 2 aromatic carbocycles. The number of halogens is 2. The lowest BCUT2D eigenvalue weighted by atomic mass is 10.1. The standard InChI is InChI=1S/C17H17F2NS/c1-2-13-20-16(14-9-5-3-6-10-14)17(18,19)21-15-11-7-4-8-12-15/h2-12,16,20H,1,13H2/t16-/m0/s1. The van der Waals surface area contributed by atoms with Crippen LogP contribution in [0.25, 0.3) is 0 Å². The summed E-state index contributed by atoms with van der Waals surface area (Å²) in [6, 6.07) is 16.4. The molecule has 0 amide bonds. The summed E-state index contributed by atoms with van der Waals surface area (Å²) in [7, 11) is 0. The molecule has 0 saturated carbocycles. The first kappa shape index (κ1) is 15.7. The Hall–Kier alpha value is -1.65. The van der Waals surface area contributed by atoms with Gasteiger partial charge >= 0.3 is 5.25 Å². The first-order valence-corrected chi connectivity index (χ1v) is 7.46. The summed E-state index contributed by atoms with van der Waals surface area (Å²) < 4.78 is 29.3. The van der Waals surface area contributed by atoms with E-state index in [2.05, 4.69) is 11.9 Å². The number of nitrogens with one attached hydrogen (secondary N) is 1. The fourth-order valence-corrected chi connectivity index (χ4v) is 2.93. The Morgan fingerprint density at radius 2 is 1.62 bits per heavy atom. The maximum atomic E-state index is 14.6. The lowest BCUT2D eigenvalue weighted by molar-refractivity contribution is 0.0602. The molecule has 0 aliphatic carbocycles. The third kappa shape index (κ3) is 4.41. The molecule has 110 valence electrons. The molecular weight excluding hydrogens is 288 g/mol. The van der Waals surface area contributed by atoms with E-state index in [1.54, 1.807) is 54.6 Å². The molecule has 0 aliphatic rings. The van der Waals surface area contributed by atoms with E-state index in [0.717, 1.165) is 0 Å². The fraction of sp³-hybridized carbons (Fsp3) is 0.176. The Bertz CT molecular complexity index is 558. The van der Waals surface area contributed by atoms with E-state index in [-0.39, 0.29) is 0 Å². The number of rotatable bonds is 7. The van der Waals surface area contributed by atoms with Gasteiger partial charge < -0.3 is 5.32 Å². The number of alkyl halides is 2. The quantitative estimate of drug-likeness (QED) is 0.577. The van der Waals surface area contributed by atoms with Crippen LogP contribution >= 0.6 is 11.8 Å². The minimum atomic E-state index is -2.97. The summed E-state index contributed by atoms with van der Waals surface area (Å²) >= 11 is 0.569. The summed E-state index contributed by atoms with van der Waals surface area (Å²) in [5.74, 6) is 0. The second-order valence-corrected chi connectivity index (χ2v) is 5.74. The number of hydrogen-bond acceptors (Lipinski definition) is 2. The monoisotopic (exact) mass is 305 g/mol. The second-order valence-electron chi connectivity index (χ2n) is 4.52. The molecule has 0 spiro atoms.